The van der Waals surface area contributed by atoms with Crippen molar-refractivity contribution in [2.75, 3.05) is 20.3 Å². The molecule has 0 spiro atoms. The third-order valence-electron chi connectivity index (χ3n) is 2.60. The smallest absolute Gasteiger partial charge is 0.270 e. The van der Waals surface area contributed by atoms with Crippen LogP contribution in [0.1, 0.15) is 12.0 Å². The van der Waals surface area contributed by atoms with Gasteiger partial charge < -0.3 is 4.74 Å². The van der Waals surface area contributed by atoms with Crippen molar-refractivity contribution in [2.45, 2.75) is 6.42 Å². The Kier molecular flexibility index (Phi) is 4.38. The van der Waals surface area contributed by atoms with Crippen molar-refractivity contribution < 1.29 is 14.4 Å². The minimum atomic E-state index is -0.144. The Morgan fingerprint density at radius 1 is 1.56 bits per heavy atom. The van der Waals surface area contributed by atoms with Crippen LogP contribution in [0.5, 0.6) is 5.75 Å². The van der Waals surface area contributed by atoms with Gasteiger partial charge in [-0.2, -0.15) is 0 Å². The third kappa shape index (κ3) is 3.11. The Morgan fingerprint density at radius 3 is 3.06 bits per heavy atom. The molecule has 0 aromatic heterocycles. The molecule has 96 valence electrons. The molecule has 1 fully saturated rings. The van der Waals surface area contributed by atoms with Crippen LogP contribution in [-0.2, 0) is 9.63 Å². The molecule has 4 nitrogen and oxygen atoms in total. The fourth-order valence-corrected chi connectivity index (χ4v) is 2.08. The highest BCUT2D eigenvalue weighted by Crippen LogP contribution is 2.24. The molecular formula is C13H14BrNO3. The van der Waals surface area contributed by atoms with Crippen molar-refractivity contribution in [3.63, 3.8) is 0 Å². The SMILES string of the molecule is COc1ccc(Br)cc1/C=C/C(=O)N1CCCO1. The average Bonchev–Trinajstić information content (AvgIpc) is 2.90. The van der Waals surface area contributed by atoms with E-state index < -0.39 is 0 Å². The molecule has 1 amide bonds. The summed E-state index contributed by atoms with van der Waals surface area (Å²) in [7, 11) is 1.60. The first-order valence-electron chi connectivity index (χ1n) is 5.67. The lowest BCUT2D eigenvalue weighted by Gasteiger charge is -2.10. The van der Waals surface area contributed by atoms with Crippen LogP contribution in [0.4, 0.5) is 0 Å². The molecule has 0 bridgehead atoms. The van der Waals surface area contributed by atoms with Crippen LogP contribution in [-0.4, -0.2) is 31.2 Å². The molecule has 2 rings (SSSR count). The highest BCUT2D eigenvalue weighted by atomic mass is 79.9. The van der Waals surface area contributed by atoms with Gasteiger partial charge in [-0.05, 0) is 30.7 Å². The number of carbonyl (C=O) groups is 1. The van der Waals surface area contributed by atoms with Crippen LogP contribution in [0.25, 0.3) is 6.08 Å². The number of hydrogen-bond acceptors (Lipinski definition) is 3. The number of carbonyl (C=O) groups excluding carboxylic acids is 1. The number of halogens is 1. The third-order valence-corrected chi connectivity index (χ3v) is 3.09. The van der Waals surface area contributed by atoms with Crippen LogP contribution >= 0.6 is 15.9 Å². The molecule has 1 aliphatic heterocycles. The Morgan fingerprint density at radius 2 is 2.39 bits per heavy atom. The summed E-state index contributed by atoms with van der Waals surface area (Å²) in [6.45, 7) is 1.26. The Balaban J connectivity index is 2.12. The zero-order valence-corrected chi connectivity index (χ0v) is 11.6. The van der Waals surface area contributed by atoms with E-state index in [4.69, 9.17) is 9.57 Å². The normalized spacial score (nSPS) is 15.3. The van der Waals surface area contributed by atoms with Gasteiger partial charge in [-0.1, -0.05) is 15.9 Å². The number of hydroxylamine groups is 2. The minimum Gasteiger partial charge on any atom is -0.496 e. The summed E-state index contributed by atoms with van der Waals surface area (Å²) in [5.41, 5.74) is 0.847. The van der Waals surface area contributed by atoms with E-state index in [9.17, 15) is 4.79 Å². The molecule has 5 heteroatoms. The van der Waals surface area contributed by atoms with Gasteiger partial charge in [-0.25, -0.2) is 5.06 Å². The Bertz CT molecular complexity index is 467. The first kappa shape index (κ1) is 13.1. The quantitative estimate of drug-likeness (QED) is 0.806. The molecular weight excluding hydrogens is 298 g/mol. The predicted molar refractivity (Wildman–Crippen MR) is 72.0 cm³/mol. The van der Waals surface area contributed by atoms with Crippen LogP contribution in [0.3, 0.4) is 0 Å². The number of rotatable bonds is 3. The molecule has 1 heterocycles. The summed E-state index contributed by atoms with van der Waals surface area (Å²) in [6.07, 6.45) is 4.11. The molecule has 0 unspecified atom stereocenters. The molecule has 0 atom stereocenters. The van der Waals surface area contributed by atoms with Crippen molar-refractivity contribution in [1.82, 2.24) is 5.06 Å². The van der Waals surface area contributed by atoms with E-state index in [0.717, 1.165) is 22.2 Å². The first-order chi connectivity index (χ1) is 8.70. The maximum absolute atomic E-state index is 11.8. The summed E-state index contributed by atoms with van der Waals surface area (Å²) in [6, 6.07) is 5.63. The van der Waals surface area contributed by atoms with Crippen LogP contribution in [0.2, 0.25) is 0 Å². The molecule has 0 aliphatic carbocycles. The van der Waals surface area contributed by atoms with E-state index >= 15 is 0 Å². The van der Waals surface area contributed by atoms with Crippen molar-refractivity contribution in [3.05, 3.63) is 34.3 Å². The predicted octanol–water partition coefficient (Wildman–Crippen LogP) is 2.63. The molecule has 0 radical (unpaired) electrons. The molecule has 1 aromatic carbocycles. The lowest BCUT2D eigenvalue weighted by Crippen LogP contribution is -2.24. The van der Waals surface area contributed by atoms with Crippen molar-refractivity contribution >= 4 is 27.9 Å². The zero-order valence-electron chi connectivity index (χ0n) is 10.1. The van der Waals surface area contributed by atoms with Crippen LogP contribution in [0, 0.1) is 0 Å². The lowest BCUT2D eigenvalue weighted by molar-refractivity contribution is -0.162. The topological polar surface area (TPSA) is 38.8 Å². The monoisotopic (exact) mass is 311 g/mol. The van der Waals surface area contributed by atoms with Crippen molar-refractivity contribution in [2.24, 2.45) is 0 Å². The average molecular weight is 312 g/mol. The summed E-state index contributed by atoms with van der Waals surface area (Å²) in [4.78, 5) is 16.9. The van der Waals surface area contributed by atoms with Gasteiger partial charge in [0, 0.05) is 16.1 Å². The van der Waals surface area contributed by atoms with Gasteiger partial charge in [-0.15, -0.1) is 0 Å². The molecule has 1 aliphatic rings. The Labute approximate surface area is 114 Å². The standard InChI is InChI=1S/C13H14BrNO3/c1-17-12-5-4-11(14)9-10(12)3-6-13(16)15-7-2-8-18-15/h3-6,9H,2,7-8H2,1H3/b6-3+. The molecule has 0 N–H and O–H groups in total. The highest BCUT2D eigenvalue weighted by Gasteiger charge is 2.16. The number of benzene rings is 1. The number of amides is 1. The highest BCUT2D eigenvalue weighted by molar-refractivity contribution is 9.10. The maximum atomic E-state index is 11.8. The van der Waals surface area contributed by atoms with Gasteiger partial charge in [0.05, 0.1) is 20.3 Å². The zero-order chi connectivity index (χ0) is 13.0. The molecule has 18 heavy (non-hydrogen) atoms. The van der Waals surface area contributed by atoms with E-state index in [-0.39, 0.29) is 5.91 Å². The number of methoxy groups -OCH3 is 1. The second-order valence-corrected chi connectivity index (χ2v) is 4.76. The second-order valence-electron chi connectivity index (χ2n) is 3.85. The number of hydrogen-bond donors (Lipinski definition) is 0. The van der Waals surface area contributed by atoms with Gasteiger partial charge in [0.15, 0.2) is 0 Å². The van der Waals surface area contributed by atoms with E-state index in [1.54, 1.807) is 13.2 Å². The fraction of sp³-hybridized carbons (Fsp3) is 0.308. The van der Waals surface area contributed by atoms with Crippen molar-refractivity contribution in [3.8, 4) is 5.75 Å². The summed E-state index contributed by atoms with van der Waals surface area (Å²) >= 11 is 3.39. The van der Waals surface area contributed by atoms with E-state index in [2.05, 4.69) is 15.9 Å². The van der Waals surface area contributed by atoms with Gasteiger partial charge in [0.25, 0.3) is 5.91 Å². The number of nitrogens with zero attached hydrogens (tertiary/aromatic N) is 1. The molecule has 1 saturated heterocycles. The van der Waals surface area contributed by atoms with E-state index in [1.807, 2.05) is 18.2 Å². The summed E-state index contributed by atoms with van der Waals surface area (Å²) in [5.74, 6) is 0.583. The van der Waals surface area contributed by atoms with E-state index in [0.29, 0.717) is 13.2 Å². The maximum Gasteiger partial charge on any atom is 0.270 e. The minimum absolute atomic E-state index is 0.144. The van der Waals surface area contributed by atoms with E-state index in [1.165, 1.54) is 11.1 Å². The van der Waals surface area contributed by atoms with Gasteiger partial charge >= 0.3 is 0 Å². The van der Waals surface area contributed by atoms with Gasteiger partial charge in [0.1, 0.15) is 5.75 Å². The van der Waals surface area contributed by atoms with Crippen molar-refractivity contribution in [1.29, 1.82) is 0 Å². The largest absolute Gasteiger partial charge is 0.496 e. The molecule has 0 saturated carbocycles. The van der Waals surface area contributed by atoms with Gasteiger partial charge in [-0.3, -0.25) is 9.63 Å². The van der Waals surface area contributed by atoms with Gasteiger partial charge in [0.2, 0.25) is 0 Å². The Hall–Kier alpha value is -1.33. The first-order valence-corrected chi connectivity index (χ1v) is 6.46. The molecule has 1 aromatic rings. The van der Waals surface area contributed by atoms with Crippen LogP contribution < -0.4 is 4.74 Å². The van der Waals surface area contributed by atoms with Crippen LogP contribution in [0.15, 0.2) is 28.7 Å². The second kappa shape index (κ2) is 6.02. The summed E-state index contributed by atoms with van der Waals surface area (Å²) in [5, 5.41) is 1.38. The summed E-state index contributed by atoms with van der Waals surface area (Å²) < 4.78 is 6.17. The lowest BCUT2D eigenvalue weighted by atomic mass is 10.2. The number of ether oxygens (including phenoxy) is 1. The fourth-order valence-electron chi connectivity index (χ4n) is 1.70.